The predicted octanol–water partition coefficient (Wildman–Crippen LogP) is 3.48. The van der Waals surface area contributed by atoms with Crippen LogP contribution < -0.4 is 5.32 Å². The van der Waals surface area contributed by atoms with Crippen LogP contribution in [0.1, 0.15) is 44.6 Å². The maximum absolute atomic E-state index is 12.1. The number of fused-ring (bicyclic) bond motifs is 1. The normalized spacial score (nSPS) is 18.8. The van der Waals surface area contributed by atoms with Gasteiger partial charge < -0.3 is 10.3 Å². The van der Waals surface area contributed by atoms with E-state index in [0.717, 1.165) is 25.0 Å². The topological polar surface area (TPSA) is 48.1 Å². The van der Waals surface area contributed by atoms with Crippen LogP contribution >= 0.6 is 0 Å². The lowest BCUT2D eigenvalue weighted by Gasteiger charge is -2.35. The molecular formula is C20H29N3O. The van der Waals surface area contributed by atoms with Crippen LogP contribution in [0.2, 0.25) is 0 Å². The van der Waals surface area contributed by atoms with E-state index in [9.17, 15) is 4.79 Å². The molecule has 2 N–H and O–H groups in total. The molecule has 1 aromatic carbocycles. The second kappa shape index (κ2) is 8.34. The molecule has 1 amide bonds. The number of benzene rings is 1. The molecule has 1 aliphatic rings. The van der Waals surface area contributed by atoms with Crippen LogP contribution in [0.4, 0.5) is 0 Å². The van der Waals surface area contributed by atoms with E-state index in [-0.39, 0.29) is 5.91 Å². The van der Waals surface area contributed by atoms with Gasteiger partial charge in [-0.3, -0.25) is 9.69 Å². The number of rotatable bonds is 7. The van der Waals surface area contributed by atoms with E-state index in [2.05, 4.69) is 46.5 Å². The summed E-state index contributed by atoms with van der Waals surface area (Å²) in [6.07, 6.45) is 8.64. The number of nitrogens with zero attached hydrogens (tertiary/aromatic N) is 1. The van der Waals surface area contributed by atoms with Crippen molar-refractivity contribution in [1.29, 1.82) is 0 Å². The third-order valence-corrected chi connectivity index (χ3v) is 5.24. The lowest BCUT2D eigenvalue weighted by molar-refractivity contribution is -0.121. The monoisotopic (exact) mass is 327 g/mol. The highest BCUT2D eigenvalue weighted by Gasteiger charge is 2.20. The summed E-state index contributed by atoms with van der Waals surface area (Å²) in [4.78, 5) is 17.9. The zero-order valence-electron chi connectivity index (χ0n) is 14.7. The third kappa shape index (κ3) is 4.18. The molecule has 0 saturated carbocycles. The maximum Gasteiger partial charge on any atom is 0.221 e. The molecule has 2 heterocycles. The van der Waals surface area contributed by atoms with Crippen molar-refractivity contribution in [3.05, 3.63) is 36.0 Å². The van der Waals surface area contributed by atoms with E-state index >= 15 is 0 Å². The number of amides is 1. The van der Waals surface area contributed by atoms with Crippen molar-refractivity contribution in [2.45, 2.75) is 51.5 Å². The number of aromatic nitrogens is 1. The highest BCUT2D eigenvalue weighted by atomic mass is 16.1. The summed E-state index contributed by atoms with van der Waals surface area (Å²) >= 11 is 0. The number of nitrogens with one attached hydrogen (secondary N) is 2. The fourth-order valence-corrected chi connectivity index (χ4v) is 3.83. The van der Waals surface area contributed by atoms with Gasteiger partial charge in [0.15, 0.2) is 0 Å². The van der Waals surface area contributed by atoms with E-state index in [1.807, 2.05) is 6.07 Å². The molecule has 1 saturated heterocycles. The number of aromatic amines is 1. The van der Waals surface area contributed by atoms with Gasteiger partial charge >= 0.3 is 0 Å². The minimum absolute atomic E-state index is 0.176. The van der Waals surface area contributed by atoms with Crippen LogP contribution in [0, 0.1) is 0 Å². The zero-order valence-corrected chi connectivity index (χ0v) is 14.7. The Balaban J connectivity index is 1.41. The molecule has 1 aliphatic heterocycles. The number of carbonyl (C=O) groups is 1. The largest absolute Gasteiger partial charge is 0.361 e. The number of para-hydroxylation sites is 1. The molecule has 1 unspecified atom stereocenters. The highest BCUT2D eigenvalue weighted by Crippen LogP contribution is 2.19. The molecule has 2 aromatic rings. The summed E-state index contributed by atoms with van der Waals surface area (Å²) in [5.74, 6) is 0.176. The Kier molecular flexibility index (Phi) is 5.91. The lowest BCUT2D eigenvalue weighted by atomic mass is 10.00. The molecule has 0 spiro atoms. The van der Waals surface area contributed by atoms with Gasteiger partial charge in [0.25, 0.3) is 0 Å². The van der Waals surface area contributed by atoms with Crippen molar-refractivity contribution >= 4 is 16.8 Å². The molecule has 4 heteroatoms. The Morgan fingerprint density at radius 2 is 2.21 bits per heavy atom. The quantitative estimate of drug-likeness (QED) is 0.818. The minimum Gasteiger partial charge on any atom is -0.361 e. The second-order valence-corrected chi connectivity index (χ2v) is 6.80. The van der Waals surface area contributed by atoms with Crippen molar-refractivity contribution in [3.8, 4) is 0 Å². The third-order valence-electron chi connectivity index (χ3n) is 5.24. The molecule has 0 radical (unpaired) electrons. The fraction of sp³-hybridized carbons (Fsp3) is 0.550. The SMILES string of the molecule is CCC1CCCCN1CCC(=O)NCCc1c[nH]c2ccccc12. The first-order valence-corrected chi connectivity index (χ1v) is 9.33. The van der Waals surface area contributed by atoms with E-state index < -0.39 is 0 Å². The first-order chi connectivity index (χ1) is 11.8. The second-order valence-electron chi connectivity index (χ2n) is 6.80. The summed E-state index contributed by atoms with van der Waals surface area (Å²) < 4.78 is 0. The molecule has 1 aromatic heterocycles. The fourth-order valence-electron chi connectivity index (χ4n) is 3.83. The molecule has 0 aliphatic carbocycles. The van der Waals surface area contributed by atoms with Gasteiger partial charge in [-0.15, -0.1) is 0 Å². The number of hydrogen-bond donors (Lipinski definition) is 2. The van der Waals surface area contributed by atoms with Crippen LogP contribution in [0.15, 0.2) is 30.5 Å². The van der Waals surface area contributed by atoms with Crippen LogP contribution in [0.5, 0.6) is 0 Å². The Morgan fingerprint density at radius 3 is 3.08 bits per heavy atom. The van der Waals surface area contributed by atoms with Gasteiger partial charge in [-0.05, 0) is 43.9 Å². The van der Waals surface area contributed by atoms with E-state index in [1.165, 1.54) is 36.6 Å². The molecule has 0 bridgehead atoms. The van der Waals surface area contributed by atoms with Crippen molar-refractivity contribution in [2.75, 3.05) is 19.6 Å². The average Bonchev–Trinajstić information content (AvgIpc) is 3.03. The summed E-state index contributed by atoms with van der Waals surface area (Å²) in [6, 6.07) is 8.98. The maximum atomic E-state index is 12.1. The highest BCUT2D eigenvalue weighted by molar-refractivity contribution is 5.83. The summed E-state index contributed by atoms with van der Waals surface area (Å²) in [5.41, 5.74) is 2.43. The van der Waals surface area contributed by atoms with Crippen LogP contribution in [0.25, 0.3) is 10.9 Å². The molecule has 1 fully saturated rings. The zero-order chi connectivity index (χ0) is 16.8. The van der Waals surface area contributed by atoms with Crippen molar-refractivity contribution in [2.24, 2.45) is 0 Å². The van der Waals surface area contributed by atoms with Crippen molar-refractivity contribution < 1.29 is 4.79 Å². The summed E-state index contributed by atoms with van der Waals surface area (Å²) in [6.45, 7) is 5.01. The smallest absolute Gasteiger partial charge is 0.221 e. The van der Waals surface area contributed by atoms with Gasteiger partial charge in [0.2, 0.25) is 5.91 Å². The predicted molar refractivity (Wildman–Crippen MR) is 99.1 cm³/mol. The molecule has 3 rings (SSSR count). The van der Waals surface area contributed by atoms with Crippen LogP contribution in [-0.4, -0.2) is 41.5 Å². The standard InChI is InChI=1S/C20H29N3O/c1-2-17-7-5-6-13-23(17)14-11-20(24)21-12-10-16-15-22-19-9-4-3-8-18(16)19/h3-4,8-9,15,17,22H,2,5-7,10-14H2,1H3,(H,21,24). The van der Waals surface area contributed by atoms with Crippen LogP contribution in [0.3, 0.4) is 0 Å². The first-order valence-electron chi connectivity index (χ1n) is 9.33. The summed E-state index contributed by atoms with van der Waals surface area (Å²) in [7, 11) is 0. The Bertz CT molecular complexity index is 664. The number of likely N-dealkylation sites (tertiary alicyclic amines) is 1. The average molecular weight is 327 g/mol. The molecular weight excluding hydrogens is 298 g/mol. The van der Waals surface area contributed by atoms with Gasteiger partial charge in [-0.1, -0.05) is 31.5 Å². The van der Waals surface area contributed by atoms with Gasteiger partial charge in [0.1, 0.15) is 0 Å². The Labute approximate surface area is 144 Å². The summed E-state index contributed by atoms with van der Waals surface area (Å²) in [5, 5.41) is 4.33. The van der Waals surface area contributed by atoms with E-state index in [0.29, 0.717) is 19.0 Å². The number of hydrogen-bond acceptors (Lipinski definition) is 2. The van der Waals surface area contributed by atoms with Crippen molar-refractivity contribution in [1.82, 2.24) is 15.2 Å². The Hall–Kier alpha value is -1.81. The van der Waals surface area contributed by atoms with Gasteiger partial charge in [0.05, 0.1) is 0 Å². The minimum atomic E-state index is 0.176. The van der Waals surface area contributed by atoms with Gasteiger partial charge in [-0.2, -0.15) is 0 Å². The van der Waals surface area contributed by atoms with E-state index in [4.69, 9.17) is 0 Å². The molecule has 130 valence electrons. The molecule has 1 atom stereocenters. The number of piperidine rings is 1. The van der Waals surface area contributed by atoms with Gasteiger partial charge in [-0.25, -0.2) is 0 Å². The molecule has 4 nitrogen and oxygen atoms in total. The first kappa shape index (κ1) is 17.0. The van der Waals surface area contributed by atoms with Crippen molar-refractivity contribution in [3.63, 3.8) is 0 Å². The number of H-pyrrole nitrogens is 1. The van der Waals surface area contributed by atoms with E-state index in [1.54, 1.807) is 0 Å². The van der Waals surface area contributed by atoms with Gasteiger partial charge in [0, 0.05) is 42.7 Å². The number of carbonyl (C=O) groups excluding carboxylic acids is 1. The Morgan fingerprint density at radius 1 is 1.33 bits per heavy atom. The lowest BCUT2D eigenvalue weighted by Crippen LogP contribution is -2.41. The van der Waals surface area contributed by atoms with Crippen LogP contribution in [-0.2, 0) is 11.2 Å². The molecule has 24 heavy (non-hydrogen) atoms.